The van der Waals surface area contributed by atoms with Gasteiger partial charge >= 0.3 is 0 Å². The summed E-state index contributed by atoms with van der Waals surface area (Å²) in [4.78, 5) is 13.0. The molecule has 0 aromatic carbocycles. The van der Waals surface area contributed by atoms with Crippen LogP contribution in [0.25, 0.3) is 0 Å². The maximum absolute atomic E-state index is 11.0. The van der Waals surface area contributed by atoms with Crippen molar-refractivity contribution in [3.63, 3.8) is 0 Å². The summed E-state index contributed by atoms with van der Waals surface area (Å²) in [5, 5.41) is 10.2. The number of carbonyl (C=O) groups excluding carboxylic acids is 1. The van der Waals surface area contributed by atoms with Crippen molar-refractivity contribution in [1.29, 1.82) is 0 Å². The molecule has 17 heavy (non-hydrogen) atoms. The molecule has 3 nitrogen and oxygen atoms in total. The van der Waals surface area contributed by atoms with Crippen LogP contribution in [0.5, 0.6) is 0 Å². The molecule has 0 amide bonds. The predicted octanol–water partition coefficient (Wildman–Crippen LogP) is 2.49. The highest BCUT2D eigenvalue weighted by atomic mass is 16.3. The topological polar surface area (TPSA) is 40.5 Å². The Bertz CT molecular complexity index is 506. The summed E-state index contributed by atoms with van der Waals surface area (Å²) in [5.41, 5.74) is 4.56. The highest BCUT2D eigenvalue weighted by molar-refractivity contribution is 5.80. The third-order valence-electron chi connectivity index (χ3n) is 3.62. The minimum atomic E-state index is -0.149. The zero-order chi connectivity index (χ0) is 12.7. The van der Waals surface area contributed by atoms with Crippen molar-refractivity contribution in [2.75, 3.05) is 7.05 Å². The van der Waals surface area contributed by atoms with Crippen molar-refractivity contribution in [3.8, 4) is 0 Å². The Kier molecular flexibility index (Phi) is 2.69. The number of allylic oxidation sites excluding steroid dienone is 5. The van der Waals surface area contributed by atoms with Crippen LogP contribution >= 0.6 is 0 Å². The fraction of sp³-hybridized carbons (Fsp3) is 0.357. The van der Waals surface area contributed by atoms with Crippen LogP contribution in [0.15, 0.2) is 45.9 Å². The second-order valence-electron chi connectivity index (χ2n) is 4.67. The maximum atomic E-state index is 11.0. The standard InChI is InChI=1S/C14H17NO2/c1-8-5-9(2)14(17)13-12(8)6-11(7-16)10(3)15(13)4/h5-7,13,17H,1-4H3. The molecule has 1 atom stereocenters. The van der Waals surface area contributed by atoms with Gasteiger partial charge in [0.05, 0.1) is 0 Å². The Morgan fingerprint density at radius 2 is 1.94 bits per heavy atom. The number of rotatable bonds is 1. The first kappa shape index (κ1) is 11.7. The van der Waals surface area contributed by atoms with Crippen molar-refractivity contribution in [2.24, 2.45) is 0 Å². The average Bonchev–Trinajstić information content (AvgIpc) is 2.29. The molecule has 90 valence electrons. The van der Waals surface area contributed by atoms with E-state index in [0.717, 1.165) is 28.7 Å². The van der Waals surface area contributed by atoms with Gasteiger partial charge in [-0.05, 0) is 43.6 Å². The fourth-order valence-corrected chi connectivity index (χ4v) is 2.43. The normalized spacial score (nSPS) is 24.5. The smallest absolute Gasteiger partial charge is 0.151 e. The van der Waals surface area contributed by atoms with Crippen molar-refractivity contribution in [2.45, 2.75) is 26.8 Å². The van der Waals surface area contributed by atoms with Gasteiger partial charge in [-0.1, -0.05) is 6.08 Å². The molecule has 0 spiro atoms. The summed E-state index contributed by atoms with van der Waals surface area (Å²) in [6, 6.07) is -0.149. The Balaban J connectivity index is 2.61. The van der Waals surface area contributed by atoms with Gasteiger partial charge in [0.15, 0.2) is 6.29 Å². The highest BCUT2D eigenvalue weighted by Gasteiger charge is 2.32. The minimum Gasteiger partial charge on any atom is -0.509 e. The molecule has 0 saturated heterocycles. The molecule has 1 aliphatic carbocycles. The molecule has 0 bridgehead atoms. The SMILES string of the molecule is CC1=CC(C)=C(O)C2C1=CC(C=O)=C(C)N2C. The Hall–Kier alpha value is -1.77. The average molecular weight is 231 g/mol. The Morgan fingerprint density at radius 1 is 1.29 bits per heavy atom. The van der Waals surface area contributed by atoms with E-state index in [9.17, 15) is 9.90 Å². The second-order valence-corrected chi connectivity index (χ2v) is 4.67. The highest BCUT2D eigenvalue weighted by Crippen LogP contribution is 2.36. The summed E-state index contributed by atoms with van der Waals surface area (Å²) >= 11 is 0. The molecule has 1 N–H and O–H groups in total. The first-order valence-corrected chi connectivity index (χ1v) is 5.66. The molecule has 3 heteroatoms. The van der Waals surface area contributed by atoms with Gasteiger partial charge in [-0.15, -0.1) is 0 Å². The third-order valence-corrected chi connectivity index (χ3v) is 3.62. The predicted molar refractivity (Wildman–Crippen MR) is 67.5 cm³/mol. The van der Waals surface area contributed by atoms with Crippen LogP contribution in [0.4, 0.5) is 0 Å². The zero-order valence-electron chi connectivity index (χ0n) is 10.6. The molecule has 0 aromatic rings. The van der Waals surface area contributed by atoms with Crippen LogP contribution in [0.2, 0.25) is 0 Å². The number of nitrogens with zero attached hydrogens (tertiary/aromatic N) is 1. The first-order chi connectivity index (χ1) is 7.97. The molecule has 1 heterocycles. The van der Waals surface area contributed by atoms with E-state index >= 15 is 0 Å². The van der Waals surface area contributed by atoms with Crippen LogP contribution in [-0.2, 0) is 4.79 Å². The molecule has 0 saturated carbocycles. The lowest BCUT2D eigenvalue weighted by Crippen LogP contribution is -2.39. The van der Waals surface area contributed by atoms with Crippen molar-refractivity contribution < 1.29 is 9.90 Å². The molecular formula is C14H17NO2. The lowest BCUT2D eigenvalue weighted by atomic mass is 9.85. The van der Waals surface area contributed by atoms with Gasteiger partial charge in [0.1, 0.15) is 11.8 Å². The van der Waals surface area contributed by atoms with Gasteiger partial charge in [-0.25, -0.2) is 0 Å². The third kappa shape index (κ3) is 1.62. The monoisotopic (exact) mass is 231 g/mol. The number of aliphatic hydroxyl groups is 1. The lowest BCUT2D eigenvalue weighted by Gasteiger charge is -2.38. The molecule has 1 unspecified atom stereocenters. The van der Waals surface area contributed by atoms with E-state index in [-0.39, 0.29) is 6.04 Å². The van der Waals surface area contributed by atoms with Gasteiger partial charge in [-0.2, -0.15) is 0 Å². The van der Waals surface area contributed by atoms with Gasteiger partial charge in [-0.3, -0.25) is 4.79 Å². The second kappa shape index (κ2) is 3.91. The van der Waals surface area contributed by atoms with Crippen LogP contribution in [0.3, 0.4) is 0 Å². The maximum Gasteiger partial charge on any atom is 0.151 e. The first-order valence-electron chi connectivity index (χ1n) is 5.66. The van der Waals surface area contributed by atoms with Gasteiger partial charge in [0.25, 0.3) is 0 Å². The van der Waals surface area contributed by atoms with Gasteiger partial charge in [0.2, 0.25) is 0 Å². The molecule has 1 aliphatic heterocycles. The largest absolute Gasteiger partial charge is 0.509 e. The van der Waals surface area contributed by atoms with Gasteiger partial charge < -0.3 is 10.0 Å². The van der Waals surface area contributed by atoms with Crippen LogP contribution in [-0.4, -0.2) is 29.4 Å². The van der Waals surface area contributed by atoms with Crippen molar-refractivity contribution in [1.82, 2.24) is 4.90 Å². The van der Waals surface area contributed by atoms with E-state index in [1.54, 1.807) is 0 Å². The molecule has 0 radical (unpaired) electrons. The van der Waals surface area contributed by atoms with E-state index in [1.165, 1.54) is 0 Å². The van der Waals surface area contributed by atoms with Crippen molar-refractivity contribution in [3.05, 3.63) is 45.9 Å². The van der Waals surface area contributed by atoms with Crippen LogP contribution in [0, 0.1) is 0 Å². The molecule has 2 rings (SSSR count). The summed E-state index contributed by atoms with van der Waals surface area (Å²) in [6.07, 6.45) is 4.70. The van der Waals surface area contributed by atoms with E-state index in [2.05, 4.69) is 0 Å². The number of fused-ring (bicyclic) bond motifs is 1. The molecule has 2 aliphatic rings. The fourth-order valence-electron chi connectivity index (χ4n) is 2.43. The quantitative estimate of drug-likeness (QED) is 0.705. The lowest BCUT2D eigenvalue weighted by molar-refractivity contribution is -0.104. The Morgan fingerprint density at radius 3 is 2.53 bits per heavy atom. The number of aldehydes is 1. The van der Waals surface area contributed by atoms with Crippen LogP contribution in [0.1, 0.15) is 20.8 Å². The molecular weight excluding hydrogens is 214 g/mol. The number of carbonyl (C=O) groups is 1. The minimum absolute atomic E-state index is 0.149. The van der Waals surface area contributed by atoms with E-state index in [1.807, 2.05) is 44.9 Å². The zero-order valence-corrected chi connectivity index (χ0v) is 10.6. The Labute approximate surface area is 101 Å². The summed E-state index contributed by atoms with van der Waals surface area (Å²) < 4.78 is 0. The number of hydrogen-bond acceptors (Lipinski definition) is 3. The van der Waals surface area contributed by atoms with Crippen LogP contribution < -0.4 is 0 Å². The van der Waals surface area contributed by atoms with E-state index < -0.39 is 0 Å². The van der Waals surface area contributed by atoms with Crippen molar-refractivity contribution >= 4 is 6.29 Å². The van der Waals surface area contributed by atoms with E-state index in [0.29, 0.717) is 11.3 Å². The van der Waals surface area contributed by atoms with Gasteiger partial charge in [0, 0.05) is 18.3 Å². The molecule has 0 fully saturated rings. The number of aliphatic hydroxyl groups excluding tert-OH is 1. The summed E-state index contributed by atoms with van der Waals surface area (Å²) in [7, 11) is 1.90. The summed E-state index contributed by atoms with van der Waals surface area (Å²) in [5.74, 6) is 0.369. The number of hydrogen-bond donors (Lipinski definition) is 1. The van der Waals surface area contributed by atoms with E-state index in [4.69, 9.17) is 0 Å². The summed E-state index contributed by atoms with van der Waals surface area (Å²) in [6.45, 7) is 5.80. The number of likely N-dealkylation sites (N-methyl/N-ethyl adjacent to an activating group) is 1. The molecule has 0 aromatic heterocycles.